The van der Waals surface area contributed by atoms with Gasteiger partial charge >= 0.3 is 22.8 Å². The van der Waals surface area contributed by atoms with Gasteiger partial charge in [0.25, 0.3) is 0 Å². The molecule has 1 unspecified atom stereocenters. The molecule has 11 nitrogen and oxygen atoms in total. The zero-order valence-corrected chi connectivity index (χ0v) is 26.5. The number of hydrogen-bond acceptors (Lipinski definition) is 5. The Hall–Kier alpha value is -6.75. The lowest BCUT2D eigenvalue weighted by atomic mass is 9.79. The van der Waals surface area contributed by atoms with E-state index in [-0.39, 0.29) is 5.84 Å². The average molecular weight is 648 g/mol. The van der Waals surface area contributed by atoms with Crippen molar-refractivity contribution in [2.75, 3.05) is 0 Å². The zero-order chi connectivity index (χ0) is 33.9. The van der Waals surface area contributed by atoms with Gasteiger partial charge in [-0.05, 0) is 60.9 Å². The molecule has 1 aliphatic rings. The predicted molar refractivity (Wildman–Crippen MR) is 187 cm³/mol. The first-order valence-electron chi connectivity index (χ1n) is 15.7. The number of nitrogens with one attached hydrogen (secondary N) is 1. The Morgan fingerprint density at radius 1 is 0.551 bits per heavy atom. The average Bonchev–Trinajstić information content (AvgIpc) is 3.57. The third kappa shape index (κ3) is 4.25. The fourth-order valence-electron chi connectivity index (χ4n) is 6.82. The third-order valence-electron chi connectivity index (χ3n) is 9.00. The van der Waals surface area contributed by atoms with Gasteiger partial charge in [0, 0.05) is 5.56 Å². The monoisotopic (exact) mass is 647 g/mol. The molecule has 0 aliphatic carbocycles. The van der Waals surface area contributed by atoms with Crippen molar-refractivity contribution in [3.63, 3.8) is 0 Å². The SMILES string of the molecule is Cc1cccc(C)c1N=C1n2c(=O)n(-c3ccccc3)c(=O)n2-c2ccccc2C1(c1ccccc1)n1[nH]c(=O)n(-c2ccccc2)c1=O. The summed E-state index contributed by atoms with van der Waals surface area (Å²) in [5.41, 5.74) is -0.283. The van der Waals surface area contributed by atoms with Crippen LogP contribution in [0.2, 0.25) is 0 Å². The van der Waals surface area contributed by atoms with Crippen LogP contribution in [-0.4, -0.2) is 34.1 Å². The van der Waals surface area contributed by atoms with Gasteiger partial charge in [0.05, 0.1) is 22.7 Å². The normalized spacial score (nSPS) is 16.0. The summed E-state index contributed by atoms with van der Waals surface area (Å²) in [5.74, 6) is 0.0233. The Labute approximate surface area is 278 Å². The maximum Gasteiger partial charge on any atom is 0.358 e. The first-order chi connectivity index (χ1) is 23.8. The first-order valence-corrected chi connectivity index (χ1v) is 15.7. The fraction of sp³-hybridized carbons (Fsp3) is 0.0789. The van der Waals surface area contributed by atoms with Crippen molar-refractivity contribution in [2.45, 2.75) is 19.4 Å². The molecular formula is C38H29N7O4. The Bertz CT molecular complexity index is 2640. The molecule has 0 fully saturated rings. The summed E-state index contributed by atoms with van der Waals surface area (Å²) in [5, 5.41) is 2.83. The molecule has 0 saturated carbocycles. The second-order valence-corrected chi connectivity index (χ2v) is 11.8. The van der Waals surface area contributed by atoms with Crippen molar-refractivity contribution < 1.29 is 0 Å². The van der Waals surface area contributed by atoms with Crippen LogP contribution in [0, 0.1) is 13.8 Å². The highest BCUT2D eigenvalue weighted by Gasteiger charge is 2.52. The number of nitrogens with zero attached hydrogens (tertiary/aromatic N) is 6. The van der Waals surface area contributed by atoms with E-state index in [2.05, 4.69) is 5.10 Å². The summed E-state index contributed by atoms with van der Waals surface area (Å²) < 4.78 is 5.86. The van der Waals surface area contributed by atoms with Crippen molar-refractivity contribution in [2.24, 2.45) is 4.99 Å². The lowest BCUT2D eigenvalue weighted by molar-refractivity contribution is 0.447. The molecule has 1 atom stereocenters. The molecular weight excluding hydrogens is 618 g/mol. The summed E-state index contributed by atoms with van der Waals surface area (Å²) in [6.45, 7) is 3.80. The molecule has 8 rings (SSSR count). The number of fused-ring (bicyclic) bond motifs is 3. The zero-order valence-electron chi connectivity index (χ0n) is 26.5. The molecule has 49 heavy (non-hydrogen) atoms. The smallest absolute Gasteiger partial charge is 0.246 e. The highest BCUT2D eigenvalue weighted by Crippen LogP contribution is 2.42. The van der Waals surface area contributed by atoms with Crippen LogP contribution in [0.1, 0.15) is 22.3 Å². The Morgan fingerprint density at radius 2 is 1.08 bits per heavy atom. The summed E-state index contributed by atoms with van der Waals surface area (Å²) in [6, 6.07) is 39.1. The van der Waals surface area contributed by atoms with Gasteiger partial charge in [0.15, 0.2) is 11.4 Å². The molecule has 0 amide bonds. The lowest BCUT2D eigenvalue weighted by Gasteiger charge is -2.40. The first kappa shape index (κ1) is 29.6. The van der Waals surface area contributed by atoms with Crippen LogP contribution in [0.25, 0.3) is 17.1 Å². The number of H-pyrrole nitrogens is 1. The molecule has 7 aromatic rings. The van der Waals surface area contributed by atoms with Crippen LogP contribution < -0.4 is 22.8 Å². The van der Waals surface area contributed by atoms with Crippen LogP contribution in [0.3, 0.4) is 0 Å². The summed E-state index contributed by atoms with van der Waals surface area (Å²) in [4.78, 5) is 63.1. The standard InChI is InChI=1S/C38H29N7O4/c1-25-15-14-16-26(2)32(25)39-33-38(27-17-6-3-7-18-27,45-37(49)41(34(46)40-45)28-19-8-4-9-20-28)30-23-12-13-24-31(30)43-35(47)42(36(48)44(33)43)29-21-10-5-11-22-29/h3-24H,1-2H3,(H,40,46). The van der Waals surface area contributed by atoms with E-state index in [4.69, 9.17) is 4.99 Å². The van der Waals surface area contributed by atoms with E-state index in [0.29, 0.717) is 33.9 Å². The highest BCUT2D eigenvalue weighted by atomic mass is 16.2. The lowest BCUT2D eigenvalue weighted by Crippen LogP contribution is -2.58. The van der Waals surface area contributed by atoms with Gasteiger partial charge in [0.1, 0.15) is 0 Å². The second kappa shape index (κ2) is 11.2. The van der Waals surface area contributed by atoms with Gasteiger partial charge in [-0.3, -0.25) is 0 Å². The minimum Gasteiger partial charge on any atom is -0.246 e. The number of aliphatic imine (C=N–C) groups is 1. The summed E-state index contributed by atoms with van der Waals surface area (Å²) >= 11 is 0. The molecule has 0 radical (unpaired) electrons. The van der Waals surface area contributed by atoms with Crippen molar-refractivity contribution in [1.82, 2.24) is 28.3 Å². The number of para-hydroxylation sites is 4. The maximum atomic E-state index is 14.8. The summed E-state index contributed by atoms with van der Waals surface area (Å²) in [6.07, 6.45) is 0. The van der Waals surface area contributed by atoms with Crippen molar-refractivity contribution in [1.29, 1.82) is 0 Å². The number of hydrogen-bond donors (Lipinski definition) is 1. The molecule has 5 aromatic carbocycles. The van der Waals surface area contributed by atoms with E-state index in [0.717, 1.165) is 20.3 Å². The van der Waals surface area contributed by atoms with Gasteiger partial charge in [-0.1, -0.05) is 103 Å². The van der Waals surface area contributed by atoms with Gasteiger partial charge in [-0.2, -0.15) is 9.36 Å². The minimum absolute atomic E-state index is 0.0233. The number of aromatic amines is 1. The van der Waals surface area contributed by atoms with E-state index >= 15 is 0 Å². The van der Waals surface area contributed by atoms with Gasteiger partial charge in [0.2, 0.25) is 0 Å². The summed E-state index contributed by atoms with van der Waals surface area (Å²) in [7, 11) is 0. The van der Waals surface area contributed by atoms with Gasteiger partial charge in [-0.25, -0.2) is 43.1 Å². The third-order valence-corrected chi connectivity index (χ3v) is 9.00. The van der Waals surface area contributed by atoms with E-state index < -0.39 is 28.3 Å². The Kier molecular flexibility index (Phi) is 6.77. The molecule has 1 N–H and O–H groups in total. The Balaban J connectivity index is 1.62. The number of aromatic nitrogens is 6. The van der Waals surface area contributed by atoms with Crippen LogP contribution in [0.15, 0.2) is 158 Å². The van der Waals surface area contributed by atoms with E-state index in [9.17, 15) is 19.2 Å². The minimum atomic E-state index is -1.76. The largest absolute Gasteiger partial charge is 0.358 e. The second-order valence-electron chi connectivity index (χ2n) is 11.8. The number of benzene rings is 5. The van der Waals surface area contributed by atoms with Gasteiger partial charge in [-0.15, -0.1) is 0 Å². The van der Waals surface area contributed by atoms with E-state index in [1.807, 2.05) is 62.4 Å². The van der Waals surface area contributed by atoms with Crippen molar-refractivity contribution >= 4 is 11.5 Å². The number of aryl methyl sites for hydroxylation is 2. The van der Waals surface area contributed by atoms with E-state index in [1.54, 1.807) is 84.9 Å². The maximum absolute atomic E-state index is 14.8. The van der Waals surface area contributed by atoms with Crippen LogP contribution in [-0.2, 0) is 5.54 Å². The molecule has 0 saturated heterocycles. The number of rotatable bonds is 5. The molecule has 11 heteroatoms. The molecule has 240 valence electrons. The highest BCUT2D eigenvalue weighted by molar-refractivity contribution is 6.01. The molecule has 0 bridgehead atoms. The molecule has 3 heterocycles. The molecule has 2 aromatic heterocycles. The van der Waals surface area contributed by atoms with Crippen molar-refractivity contribution in [3.05, 3.63) is 198 Å². The topological polar surface area (TPSA) is 121 Å². The fourth-order valence-corrected chi connectivity index (χ4v) is 6.82. The quantitative estimate of drug-likeness (QED) is 0.297. The van der Waals surface area contributed by atoms with Crippen LogP contribution in [0.5, 0.6) is 0 Å². The Morgan fingerprint density at radius 3 is 1.71 bits per heavy atom. The molecule has 1 aliphatic heterocycles. The van der Waals surface area contributed by atoms with Crippen LogP contribution in [0.4, 0.5) is 5.69 Å². The molecule has 0 spiro atoms. The van der Waals surface area contributed by atoms with Gasteiger partial charge < -0.3 is 0 Å². The predicted octanol–water partition coefficient (Wildman–Crippen LogP) is 4.43. The van der Waals surface area contributed by atoms with Crippen molar-refractivity contribution in [3.8, 4) is 17.1 Å². The van der Waals surface area contributed by atoms with E-state index in [1.165, 1.54) is 14.0 Å². The van der Waals surface area contributed by atoms with Crippen LogP contribution >= 0.6 is 0 Å².